The summed E-state index contributed by atoms with van der Waals surface area (Å²) in [5.41, 5.74) is 3.67. The van der Waals surface area contributed by atoms with Crippen molar-refractivity contribution in [3.8, 4) is 0 Å². The summed E-state index contributed by atoms with van der Waals surface area (Å²) in [6.45, 7) is 0.340. The Kier molecular flexibility index (Phi) is 7.41. The molecule has 4 aromatic rings. The number of aromatic amines is 1. The van der Waals surface area contributed by atoms with Gasteiger partial charge in [-0.05, 0) is 47.7 Å². The van der Waals surface area contributed by atoms with E-state index in [0.29, 0.717) is 6.54 Å². The summed E-state index contributed by atoms with van der Waals surface area (Å²) < 4.78 is 0. The van der Waals surface area contributed by atoms with Crippen molar-refractivity contribution >= 4 is 22.7 Å². The number of nitrogens with one attached hydrogen (secondary N) is 2. The first-order valence-corrected chi connectivity index (χ1v) is 12.8. The van der Waals surface area contributed by atoms with Gasteiger partial charge >= 0.3 is 0 Å². The fourth-order valence-corrected chi connectivity index (χ4v) is 5.19. The molecule has 1 unspecified atom stereocenters. The van der Waals surface area contributed by atoms with Crippen LogP contribution in [0.15, 0.2) is 85.3 Å². The second-order valence-corrected chi connectivity index (χ2v) is 9.57. The van der Waals surface area contributed by atoms with Gasteiger partial charge in [-0.2, -0.15) is 0 Å². The molecule has 2 N–H and O–H groups in total. The number of hydrogen-bond acceptors (Lipinski definition) is 3. The van der Waals surface area contributed by atoms with Crippen molar-refractivity contribution in [3.05, 3.63) is 102 Å². The molecule has 1 saturated carbocycles. The molecule has 0 bridgehead atoms. The Bertz CT molecular complexity index is 1300. The molecule has 0 aliphatic heterocycles. The van der Waals surface area contributed by atoms with Crippen LogP contribution in [0.25, 0.3) is 10.9 Å². The van der Waals surface area contributed by atoms with Gasteiger partial charge in [-0.15, -0.1) is 0 Å². The maximum atomic E-state index is 14.0. The van der Waals surface area contributed by atoms with Crippen LogP contribution in [0, 0.1) is 0 Å². The maximum Gasteiger partial charge on any atom is 0.247 e. The van der Waals surface area contributed by atoms with Gasteiger partial charge in [0, 0.05) is 42.1 Å². The lowest BCUT2D eigenvalue weighted by atomic mass is 9.94. The molecule has 1 atom stereocenters. The summed E-state index contributed by atoms with van der Waals surface area (Å²) in [7, 11) is 0. The Morgan fingerprint density at radius 1 is 0.944 bits per heavy atom. The number of fused-ring (bicyclic) bond motifs is 1. The third-order valence-electron chi connectivity index (χ3n) is 7.07. The molecule has 6 nitrogen and oxygen atoms in total. The first-order valence-electron chi connectivity index (χ1n) is 12.8. The number of pyridine rings is 1. The van der Waals surface area contributed by atoms with Crippen LogP contribution >= 0.6 is 0 Å². The van der Waals surface area contributed by atoms with E-state index in [4.69, 9.17) is 0 Å². The number of carbonyl (C=O) groups is 2. The molecule has 0 spiro atoms. The number of H-pyrrole nitrogens is 1. The normalized spacial score (nSPS) is 14.9. The van der Waals surface area contributed by atoms with E-state index in [-0.39, 0.29) is 24.3 Å². The predicted octanol–water partition coefficient (Wildman–Crippen LogP) is 5.32. The van der Waals surface area contributed by atoms with Crippen molar-refractivity contribution in [2.24, 2.45) is 0 Å². The van der Waals surface area contributed by atoms with Gasteiger partial charge in [0.2, 0.25) is 11.8 Å². The molecule has 184 valence electrons. The number of hydrogen-bond donors (Lipinski definition) is 2. The van der Waals surface area contributed by atoms with Crippen LogP contribution in [-0.2, 0) is 22.6 Å². The lowest BCUT2D eigenvalue weighted by molar-refractivity contribution is -0.141. The van der Waals surface area contributed by atoms with E-state index in [1.807, 2.05) is 72.9 Å². The molecule has 6 heteroatoms. The molecular formula is C30H32N4O2. The third-order valence-corrected chi connectivity index (χ3v) is 7.07. The number of nitrogens with zero attached hydrogens (tertiary/aromatic N) is 2. The summed E-state index contributed by atoms with van der Waals surface area (Å²) in [4.78, 5) is 37.0. The molecule has 1 aliphatic carbocycles. The fraction of sp³-hybridized carbons (Fsp3) is 0.300. The average Bonchev–Trinajstić information content (AvgIpc) is 3.33. The second kappa shape index (κ2) is 11.2. The fourth-order valence-electron chi connectivity index (χ4n) is 5.19. The summed E-state index contributed by atoms with van der Waals surface area (Å²) in [6.07, 6.45) is 10.9. The topological polar surface area (TPSA) is 78.1 Å². The highest BCUT2D eigenvalue weighted by Crippen LogP contribution is 2.27. The smallest absolute Gasteiger partial charge is 0.247 e. The first kappa shape index (κ1) is 23.8. The molecule has 0 saturated heterocycles. The number of rotatable bonds is 8. The number of amides is 2. The van der Waals surface area contributed by atoms with E-state index < -0.39 is 6.04 Å². The molecule has 36 heavy (non-hydrogen) atoms. The summed E-state index contributed by atoms with van der Waals surface area (Å²) in [6, 6.07) is 20.9. The van der Waals surface area contributed by atoms with Crippen molar-refractivity contribution in [2.75, 3.05) is 0 Å². The first-order chi connectivity index (χ1) is 17.7. The molecule has 2 aromatic heterocycles. The van der Waals surface area contributed by atoms with E-state index in [1.165, 1.54) is 6.42 Å². The lowest BCUT2D eigenvalue weighted by Crippen LogP contribution is -2.47. The summed E-state index contributed by atoms with van der Waals surface area (Å²) >= 11 is 0. The van der Waals surface area contributed by atoms with Gasteiger partial charge in [0.15, 0.2) is 0 Å². The molecule has 5 rings (SSSR count). The average molecular weight is 481 g/mol. The van der Waals surface area contributed by atoms with Crippen molar-refractivity contribution in [1.29, 1.82) is 0 Å². The van der Waals surface area contributed by atoms with Crippen molar-refractivity contribution in [1.82, 2.24) is 20.2 Å². The van der Waals surface area contributed by atoms with Crippen LogP contribution in [0.1, 0.15) is 54.8 Å². The third kappa shape index (κ3) is 5.48. The van der Waals surface area contributed by atoms with Crippen LogP contribution in [0.2, 0.25) is 0 Å². The highest BCUT2D eigenvalue weighted by Gasteiger charge is 2.33. The van der Waals surface area contributed by atoms with Crippen LogP contribution < -0.4 is 5.32 Å². The predicted molar refractivity (Wildman–Crippen MR) is 141 cm³/mol. The van der Waals surface area contributed by atoms with Gasteiger partial charge in [-0.1, -0.05) is 67.8 Å². The maximum absolute atomic E-state index is 14.0. The van der Waals surface area contributed by atoms with Crippen LogP contribution in [0.5, 0.6) is 0 Å². The van der Waals surface area contributed by atoms with Crippen molar-refractivity contribution in [2.45, 2.75) is 57.2 Å². The van der Waals surface area contributed by atoms with Gasteiger partial charge in [-0.25, -0.2) is 0 Å². The van der Waals surface area contributed by atoms with E-state index in [1.54, 1.807) is 17.3 Å². The number of carbonyl (C=O) groups excluding carboxylic acids is 2. The lowest BCUT2D eigenvalue weighted by Gasteiger charge is -2.33. The molecule has 2 aromatic carbocycles. The quantitative estimate of drug-likeness (QED) is 0.358. The summed E-state index contributed by atoms with van der Waals surface area (Å²) in [5, 5.41) is 4.29. The minimum absolute atomic E-state index is 0.0933. The molecular weight excluding hydrogens is 448 g/mol. The van der Waals surface area contributed by atoms with Crippen LogP contribution in [0.3, 0.4) is 0 Å². The highest BCUT2D eigenvalue weighted by molar-refractivity contribution is 5.92. The Hall–Kier alpha value is -3.93. The Morgan fingerprint density at radius 3 is 2.44 bits per heavy atom. The molecule has 2 heterocycles. The van der Waals surface area contributed by atoms with E-state index in [9.17, 15) is 9.59 Å². The van der Waals surface area contributed by atoms with Crippen LogP contribution in [0.4, 0.5) is 0 Å². The Labute approximate surface area is 211 Å². The van der Waals surface area contributed by atoms with Gasteiger partial charge in [-0.3, -0.25) is 14.6 Å². The van der Waals surface area contributed by atoms with Gasteiger partial charge in [0.25, 0.3) is 0 Å². The molecule has 0 radical (unpaired) electrons. The van der Waals surface area contributed by atoms with Gasteiger partial charge in [0.1, 0.15) is 6.04 Å². The van der Waals surface area contributed by atoms with E-state index in [2.05, 4.69) is 15.3 Å². The van der Waals surface area contributed by atoms with Crippen molar-refractivity contribution in [3.63, 3.8) is 0 Å². The zero-order chi connectivity index (χ0) is 24.7. The summed E-state index contributed by atoms with van der Waals surface area (Å²) in [5.74, 6) is -0.222. The Morgan fingerprint density at radius 2 is 1.67 bits per heavy atom. The standard InChI is InChI=1S/C30H32N4O2/c35-28(19-24-20-32-27-14-8-7-13-26(24)27)34(21-22-9-3-1-4-10-22)29(23-15-17-31-18-16-23)30(36)33-25-11-5-2-6-12-25/h1,3-4,7-10,13-18,20,25,29,32H,2,5-6,11-12,19,21H2,(H,33,36). The largest absolute Gasteiger partial charge is 0.361 e. The van der Waals surface area contributed by atoms with E-state index >= 15 is 0 Å². The number of para-hydroxylation sites is 1. The SMILES string of the molecule is O=C(NC1CCCCC1)C(c1ccncc1)N(Cc1ccccc1)C(=O)Cc1c[nH]c2ccccc12. The number of benzene rings is 2. The minimum atomic E-state index is -0.743. The second-order valence-electron chi connectivity index (χ2n) is 9.57. The highest BCUT2D eigenvalue weighted by atomic mass is 16.2. The minimum Gasteiger partial charge on any atom is -0.361 e. The molecule has 1 aliphatic rings. The zero-order valence-electron chi connectivity index (χ0n) is 20.4. The molecule has 1 fully saturated rings. The zero-order valence-corrected chi connectivity index (χ0v) is 20.4. The van der Waals surface area contributed by atoms with Crippen molar-refractivity contribution < 1.29 is 9.59 Å². The van der Waals surface area contributed by atoms with Gasteiger partial charge in [0.05, 0.1) is 6.42 Å². The van der Waals surface area contributed by atoms with Crippen LogP contribution in [-0.4, -0.2) is 32.7 Å². The van der Waals surface area contributed by atoms with E-state index in [0.717, 1.165) is 53.3 Å². The number of aromatic nitrogens is 2. The molecule has 2 amide bonds. The Balaban J connectivity index is 1.49. The van der Waals surface area contributed by atoms with Gasteiger partial charge < -0.3 is 15.2 Å². The monoisotopic (exact) mass is 480 g/mol.